The molecule has 0 aliphatic carbocycles. The summed E-state index contributed by atoms with van der Waals surface area (Å²) in [6, 6.07) is 8.90. The number of hydrogen-bond donors (Lipinski definition) is 0. The van der Waals surface area contributed by atoms with E-state index in [0.29, 0.717) is 10.6 Å². The number of nitrogens with zero attached hydrogens (tertiary/aromatic N) is 1. The van der Waals surface area contributed by atoms with Crippen molar-refractivity contribution in [1.82, 2.24) is 0 Å². The number of Topliss-reactive ketones (excluding diaryl/α,β-unsaturated/α-hetero) is 1. The third-order valence-electron chi connectivity index (χ3n) is 2.16. The number of halogens is 1. The first-order valence-electron chi connectivity index (χ1n) is 4.75. The van der Waals surface area contributed by atoms with Crippen LogP contribution in [0.5, 0.6) is 0 Å². The molecule has 0 fully saturated rings. The van der Waals surface area contributed by atoms with Crippen molar-refractivity contribution in [2.75, 3.05) is 0 Å². The van der Waals surface area contributed by atoms with Crippen molar-refractivity contribution in [3.05, 3.63) is 34.9 Å². The van der Waals surface area contributed by atoms with Crippen molar-refractivity contribution >= 4 is 17.4 Å². The molecule has 78 valence electrons. The Bertz CT molecular complexity index is 406. The smallest absolute Gasteiger partial charge is 0.156 e. The number of nitriles is 1. The third kappa shape index (κ3) is 2.81. The van der Waals surface area contributed by atoms with Gasteiger partial charge in [0.15, 0.2) is 5.78 Å². The van der Waals surface area contributed by atoms with E-state index in [0.717, 1.165) is 0 Å². The fraction of sp³-hybridized carbons (Fsp3) is 0.333. The summed E-state index contributed by atoms with van der Waals surface area (Å²) in [5.74, 6) is -0.919. The maximum atomic E-state index is 11.7. The molecule has 0 unspecified atom stereocenters. The standard InChI is InChI=1S/C12H12ClNO/c1-8(2)12(15)11(7-14)9-4-3-5-10(13)6-9/h3-6,8,11H,1-2H3/t11-/m0/s1. The van der Waals surface area contributed by atoms with Gasteiger partial charge in [0.1, 0.15) is 5.92 Å². The zero-order valence-electron chi connectivity index (χ0n) is 8.70. The van der Waals surface area contributed by atoms with Gasteiger partial charge in [0, 0.05) is 10.9 Å². The predicted molar refractivity (Wildman–Crippen MR) is 59.7 cm³/mol. The van der Waals surface area contributed by atoms with Gasteiger partial charge in [-0.15, -0.1) is 0 Å². The Morgan fingerprint density at radius 3 is 2.60 bits per heavy atom. The second-order valence-corrected chi connectivity index (χ2v) is 4.11. The van der Waals surface area contributed by atoms with Crippen LogP contribution in [0.4, 0.5) is 0 Å². The molecule has 0 N–H and O–H groups in total. The number of rotatable bonds is 3. The third-order valence-corrected chi connectivity index (χ3v) is 2.40. The number of carbonyl (C=O) groups is 1. The molecule has 1 rings (SSSR count). The molecule has 0 saturated carbocycles. The second-order valence-electron chi connectivity index (χ2n) is 3.67. The Balaban J connectivity index is 3.04. The van der Waals surface area contributed by atoms with E-state index in [1.165, 1.54) is 0 Å². The first kappa shape index (κ1) is 11.7. The van der Waals surface area contributed by atoms with Crippen LogP contribution in [0.25, 0.3) is 0 Å². The summed E-state index contributed by atoms with van der Waals surface area (Å²) in [7, 11) is 0. The molecule has 0 aliphatic rings. The summed E-state index contributed by atoms with van der Waals surface area (Å²) in [5, 5.41) is 9.52. The Morgan fingerprint density at radius 2 is 2.13 bits per heavy atom. The van der Waals surface area contributed by atoms with Crippen LogP contribution in [0.2, 0.25) is 5.02 Å². The minimum absolute atomic E-state index is 0.0697. The molecule has 0 amide bonds. The minimum atomic E-state index is -0.705. The van der Waals surface area contributed by atoms with E-state index in [2.05, 4.69) is 0 Å². The van der Waals surface area contributed by atoms with E-state index < -0.39 is 5.92 Å². The molecular formula is C12H12ClNO. The van der Waals surface area contributed by atoms with Crippen LogP contribution in [0.3, 0.4) is 0 Å². The zero-order valence-corrected chi connectivity index (χ0v) is 9.45. The van der Waals surface area contributed by atoms with Crippen LogP contribution in [0.15, 0.2) is 24.3 Å². The highest BCUT2D eigenvalue weighted by molar-refractivity contribution is 6.30. The molecule has 0 bridgehead atoms. The van der Waals surface area contributed by atoms with Crippen LogP contribution < -0.4 is 0 Å². The van der Waals surface area contributed by atoms with Gasteiger partial charge in [-0.1, -0.05) is 37.6 Å². The van der Waals surface area contributed by atoms with Gasteiger partial charge < -0.3 is 0 Å². The first-order chi connectivity index (χ1) is 7.06. The van der Waals surface area contributed by atoms with Gasteiger partial charge in [-0.25, -0.2) is 0 Å². The lowest BCUT2D eigenvalue weighted by Gasteiger charge is -2.10. The molecule has 2 nitrogen and oxygen atoms in total. The predicted octanol–water partition coefficient (Wildman–Crippen LogP) is 3.17. The molecule has 1 aromatic rings. The lowest BCUT2D eigenvalue weighted by atomic mass is 9.90. The molecule has 0 saturated heterocycles. The molecule has 1 atom stereocenters. The monoisotopic (exact) mass is 221 g/mol. The normalized spacial score (nSPS) is 12.2. The van der Waals surface area contributed by atoms with Crippen molar-refractivity contribution in [2.24, 2.45) is 5.92 Å². The van der Waals surface area contributed by atoms with E-state index in [9.17, 15) is 4.79 Å². The lowest BCUT2D eigenvalue weighted by Crippen LogP contribution is -2.16. The van der Waals surface area contributed by atoms with Crippen LogP contribution in [-0.2, 0) is 4.79 Å². The van der Waals surface area contributed by atoms with Crippen molar-refractivity contribution < 1.29 is 4.79 Å². The molecule has 0 spiro atoms. The fourth-order valence-electron chi connectivity index (χ4n) is 1.32. The van der Waals surface area contributed by atoms with E-state index in [-0.39, 0.29) is 11.7 Å². The van der Waals surface area contributed by atoms with Crippen LogP contribution >= 0.6 is 11.6 Å². The van der Waals surface area contributed by atoms with E-state index >= 15 is 0 Å². The molecule has 0 heterocycles. The maximum Gasteiger partial charge on any atom is 0.156 e. The van der Waals surface area contributed by atoms with Gasteiger partial charge >= 0.3 is 0 Å². The SMILES string of the molecule is CC(C)C(=O)[C@@H](C#N)c1cccc(Cl)c1. The molecule has 0 aliphatic heterocycles. The summed E-state index contributed by atoms with van der Waals surface area (Å²) in [5.41, 5.74) is 0.670. The Labute approximate surface area is 94.5 Å². The number of benzene rings is 1. The van der Waals surface area contributed by atoms with E-state index in [1.807, 2.05) is 6.07 Å². The van der Waals surface area contributed by atoms with Crippen molar-refractivity contribution in [1.29, 1.82) is 5.26 Å². The largest absolute Gasteiger partial charge is 0.298 e. The maximum absolute atomic E-state index is 11.7. The quantitative estimate of drug-likeness (QED) is 0.787. The topological polar surface area (TPSA) is 40.9 Å². The first-order valence-corrected chi connectivity index (χ1v) is 5.13. The Kier molecular flexibility index (Phi) is 3.88. The van der Waals surface area contributed by atoms with E-state index in [4.69, 9.17) is 16.9 Å². The van der Waals surface area contributed by atoms with Crippen LogP contribution in [0, 0.1) is 17.2 Å². The van der Waals surface area contributed by atoms with E-state index in [1.54, 1.807) is 38.1 Å². The van der Waals surface area contributed by atoms with Gasteiger partial charge in [-0.3, -0.25) is 4.79 Å². The molecule has 3 heteroatoms. The lowest BCUT2D eigenvalue weighted by molar-refractivity contribution is -0.122. The Morgan fingerprint density at radius 1 is 1.47 bits per heavy atom. The molecular weight excluding hydrogens is 210 g/mol. The van der Waals surface area contributed by atoms with Crippen LogP contribution in [-0.4, -0.2) is 5.78 Å². The summed E-state index contributed by atoms with van der Waals surface area (Å²) in [6.45, 7) is 3.58. The average Bonchev–Trinajstić information content (AvgIpc) is 2.18. The van der Waals surface area contributed by atoms with Crippen molar-refractivity contribution in [2.45, 2.75) is 19.8 Å². The van der Waals surface area contributed by atoms with Gasteiger partial charge in [0.2, 0.25) is 0 Å². The highest BCUT2D eigenvalue weighted by atomic mass is 35.5. The van der Waals surface area contributed by atoms with Gasteiger partial charge in [0.25, 0.3) is 0 Å². The summed E-state index contributed by atoms with van der Waals surface area (Å²) < 4.78 is 0. The summed E-state index contributed by atoms with van der Waals surface area (Å²) in [6.07, 6.45) is 0. The second kappa shape index (κ2) is 4.95. The molecule has 1 aromatic carbocycles. The summed E-state index contributed by atoms with van der Waals surface area (Å²) >= 11 is 5.81. The van der Waals surface area contributed by atoms with Gasteiger partial charge in [0.05, 0.1) is 6.07 Å². The number of carbonyl (C=O) groups excluding carboxylic acids is 1. The van der Waals surface area contributed by atoms with Crippen LogP contribution in [0.1, 0.15) is 25.3 Å². The molecule has 0 radical (unpaired) electrons. The van der Waals surface area contributed by atoms with Crippen molar-refractivity contribution in [3.8, 4) is 6.07 Å². The number of hydrogen-bond acceptors (Lipinski definition) is 2. The zero-order chi connectivity index (χ0) is 11.4. The van der Waals surface area contributed by atoms with Gasteiger partial charge in [-0.05, 0) is 17.7 Å². The average molecular weight is 222 g/mol. The highest BCUT2D eigenvalue weighted by Gasteiger charge is 2.22. The van der Waals surface area contributed by atoms with Gasteiger partial charge in [-0.2, -0.15) is 5.26 Å². The highest BCUT2D eigenvalue weighted by Crippen LogP contribution is 2.22. The summed E-state index contributed by atoms with van der Waals surface area (Å²) in [4.78, 5) is 11.7. The Hall–Kier alpha value is -1.33. The minimum Gasteiger partial charge on any atom is -0.298 e. The molecule has 0 aromatic heterocycles. The fourth-order valence-corrected chi connectivity index (χ4v) is 1.52. The molecule has 15 heavy (non-hydrogen) atoms. The van der Waals surface area contributed by atoms with Crippen molar-refractivity contribution in [3.63, 3.8) is 0 Å². The number of ketones is 1.